The monoisotopic (exact) mass is 261 g/mol. The second kappa shape index (κ2) is 4.54. The maximum atomic E-state index is 6.25. The molecule has 4 heteroatoms. The molecule has 0 aliphatic carbocycles. The predicted octanol–water partition coefficient (Wildman–Crippen LogP) is 3.89. The van der Waals surface area contributed by atoms with E-state index in [9.17, 15) is 0 Å². The Morgan fingerprint density at radius 2 is 2.00 bits per heavy atom. The van der Waals surface area contributed by atoms with E-state index < -0.39 is 0 Å². The van der Waals surface area contributed by atoms with Crippen LogP contribution in [0.5, 0.6) is 0 Å². The van der Waals surface area contributed by atoms with Gasteiger partial charge in [-0.05, 0) is 30.3 Å². The van der Waals surface area contributed by atoms with Gasteiger partial charge in [0.25, 0.3) is 0 Å². The molecule has 0 amide bonds. The van der Waals surface area contributed by atoms with E-state index in [2.05, 4.69) is 12.2 Å². The summed E-state index contributed by atoms with van der Waals surface area (Å²) in [5.41, 5.74) is 2.37. The number of rotatable bonds is 1. The zero-order valence-electron chi connectivity index (χ0n) is 8.68. The molecule has 1 aromatic carbocycles. The molecule has 1 heterocycles. The van der Waals surface area contributed by atoms with Crippen LogP contribution in [-0.2, 0) is 5.75 Å². The Labute approximate surface area is 105 Å². The highest BCUT2D eigenvalue weighted by molar-refractivity contribution is 7.99. The van der Waals surface area contributed by atoms with Crippen molar-refractivity contribution in [3.63, 3.8) is 0 Å². The van der Waals surface area contributed by atoms with Crippen LogP contribution in [-0.4, -0.2) is 12.3 Å². The quantitative estimate of drug-likeness (QED) is 0.824. The first kappa shape index (κ1) is 11.6. The first-order valence-corrected chi connectivity index (χ1v) is 6.71. The Morgan fingerprint density at radius 1 is 1.33 bits per heavy atom. The van der Waals surface area contributed by atoms with Gasteiger partial charge in [-0.3, -0.25) is 0 Å². The summed E-state index contributed by atoms with van der Waals surface area (Å²) in [5, 5.41) is 5.49. The van der Waals surface area contributed by atoms with Crippen molar-refractivity contribution in [1.82, 2.24) is 5.32 Å². The van der Waals surface area contributed by atoms with Crippen molar-refractivity contribution in [3.8, 4) is 0 Å². The fourth-order valence-electron chi connectivity index (χ4n) is 2.02. The maximum Gasteiger partial charge on any atom is 0.0458 e. The summed E-state index contributed by atoms with van der Waals surface area (Å²) in [6.07, 6.45) is 0. The first-order chi connectivity index (χ1) is 7.15. The summed E-state index contributed by atoms with van der Waals surface area (Å²) < 4.78 is 0. The van der Waals surface area contributed by atoms with E-state index in [-0.39, 0.29) is 0 Å². The molecule has 0 bridgehead atoms. The molecule has 0 fully saturated rings. The number of thioether (sulfide) groups is 1. The largest absolute Gasteiger partial charge is 0.312 e. The minimum Gasteiger partial charge on any atom is -0.312 e. The van der Waals surface area contributed by atoms with Gasteiger partial charge in [0.2, 0.25) is 0 Å². The third-order valence-electron chi connectivity index (χ3n) is 2.83. The molecule has 15 heavy (non-hydrogen) atoms. The van der Waals surface area contributed by atoms with Crippen LogP contribution in [0.4, 0.5) is 0 Å². The van der Waals surface area contributed by atoms with E-state index in [1.165, 1.54) is 11.1 Å². The minimum absolute atomic E-state index is 0.296. The standard InChI is InChI=1S/C11H13Cl2NS/c1-6-11(14-2)10-7(5-15-6)8(12)3-4-9(10)13/h3-4,6,11,14H,5H2,1-2H3. The van der Waals surface area contributed by atoms with Crippen LogP contribution in [0.1, 0.15) is 24.1 Å². The van der Waals surface area contributed by atoms with Gasteiger partial charge < -0.3 is 5.32 Å². The average molecular weight is 262 g/mol. The number of benzene rings is 1. The summed E-state index contributed by atoms with van der Waals surface area (Å²) in [6.45, 7) is 2.21. The number of halogens is 2. The van der Waals surface area contributed by atoms with Gasteiger partial charge >= 0.3 is 0 Å². The molecular weight excluding hydrogens is 249 g/mol. The molecule has 1 N–H and O–H groups in total. The fourth-order valence-corrected chi connectivity index (χ4v) is 3.83. The van der Waals surface area contributed by atoms with Crippen LogP contribution in [0, 0.1) is 0 Å². The van der Waals surface area contributed by atoms with Crippen LogP contribution in [0.25, 0.3) is 0 Å². The Morgan fingerprint density at radius 3 is 2.67 bits per heavy atom. The van der Waals surface area contributed by atoms with E-state index in [1.807, 2.05) is 30.9 Å². The fraction of sp³-hybridized carbons (Fsp3) is 0.455. The molecule has 2 unspecified atom stereocenters. The lowest BCUT2D eigenvalue weighted by atomic mass is 9.98. The SMILES string of the molecule is CNC1c2c(Cl)ccc(Cl)c2CSC1C. The van der Waals surface area contributed by atoms with E-state index >= 15 is 0 Å². The van der Waals surface area contributed by atoms with E-state index in [1.54, 1.807) is 0 Å². The van der Waals surface area contributed by atoms with Crippen molar-refractivity contribution in [2.45, 2.75) is 24.0 Å². The van der Waals surface area contributed by atoms with E-state index in [0.29, 0.717) is 11.3 Å². The molecule has 82 valence electrons. The zero-order chi connectivity index (χ0) is 11.0. The van der Waals surface area contributed by atoms with Gasteiger partial charge in [-0.2, -0.15) is 11.8 Å². The summed E-state index contributed by atoms with van der Waals surface area (Å²) in [4.78, 5) is 0. The van der Waals surface area contributed by atoms with Crippen molar-refractivity contribution in [3.05, 3.63) is 33.3 Å². The summed E-state index contributed by atoms with van der Waals surface area (Å²) in [5.74, 6) is 0.952. The first-order valence-electron chi connectivity index (χ1n) is 4.90. The molecule has 0 radical (unpaired) electrons. The summed E-state index contributed by atoms with van der Waals surface area (Å²) in [7, 11) is 1.97. The van der Waals surface area contributed by atoms with Crippen molar-refractivity contribution >= 4 is 35.0 Å². The smallest absolute Gasteiger partial charge is 0.0458 e. The lowest BCUT2D eigenvalue weighted by molar-refractivity contribution is 0.579. The second-order valence-corrected chi connectivity index (χ2v) is 5.88. The normalized spacial score (nSPS) is 25.1. The number of nitrogens with one attached hydrogen (secondary N) is 1. The molecular formula is C11H13Cl2NS. The lowest BCUT2D eigenvalue weighted by Gasteiger charge is -2.32. The van der Waals surface area contributed by atoms with Gasteiger partial charge in [0.15, 0.2) is 0 Å². The number of hydrogen-bond donors (Lipinski definition) is 1. The third kappa shape index (κ3) is 2.01. The molecule has 1 aromatic rings. The topological polar surface area (TPSA) is 12.0 Å². The van der Waals surface area contributed by atoms with Gasteiger partial charge in [-0.15, -0.1) is 0 Å². The number of fused-ring (bicyclic) bond motifs is 1. The highest BCUT2D eigenvalue weighted by Crippen LogP contribution is 2.43. The molecule has 0 aromatic heterocycles. The molecule has 2 atom stereocenters. The zero-order valence-corrected chi connectivity index (χ0v) is 11.0. The molecule has 2 rings (SSSR count). The molecule has 0 spiro atoms. The lowest BCUT2D eigenvalue weighted by Crippen LogP contribution is -2.29. The number of hydrogen-bond acceptors (Lipinski definition) is 2. The predicted molar refractivity (Wildman–Crippen MR) is 69.0 cm³/mol. The Kier molecular flexibility index (Phi) is 3.51. The summed E-state index contributed by atoms with van der Waals surface area (Å²) in [6, 6.07) is 4.06. The average Bonchev–Trinajstić information content (AvgIpc) is 2.23. The Balaban J connectivity index is 2.56. The minimum atomic E-state index is 0.296. The Hall–Kier alpha value is 0.110. The Bertz CT molecular complexity index is 381. The highest BCUT2D eigenvalue weighted by atomic mass is 35.5. The molecule has 0 saturated heterocycles. The van der Waals surface area contributed by atoms with Gasteiger partial charge in [0, 0.05) is 27.1 Å². The van der Waals surface area contributed by atoms with Crippen LogP contribution >= 0.6 is 35.0 Å². The molecule has 1 aliphatic heterocycles. The van der Waals surface area contributed by atoms with Crippen molar-refractivity contribution in [2.75, 3.05) is 7.05 Å². The third-order valence-corrected chi connectivity index (χ3v) is 4.77. The highest BCUT2D eigenvalue weighted by Gasteiger charge is 2.29. The van der Waals surface area contributed by atoms with Gasteiger partial charge in [-0.25, -0.2) is 0 Å². The molecule has 0 saturated carbocycles. The van der Waals surface area contributed by atoms with Crippen LogP contribution in [0.2, 0.25) is 10.0 Å². The van der Waals surface area contributed by atoms with Crippen LogP contribution in [0.3, 0.4) is 0 Å². The van der Waals surface area contributed by atoms with Crippen molar-refractivity contribution in [2.24, 2.45) is 0 Å². The van der Waals surface area contributed by atoms with Crippen LogP contribution in [0.15, 0.2) is 12.1 Å². The van der Waals surface area contributed by atoms with E-state index in [0.717, 1.165) is 15.8 Å². The second-order valence-electron chi connectivity index (χ2n) is 3.70. The molecule has 1 aliphatic rings. The van der Waals surface area contributed by atoms with Crippen molar-refractivity contribution in [1.29, 1.82) is 0 Å². The van der Waals surface area contributed by atoms with Crippen molar-refractivity contribution < 1.29 is 0 Å². The molecule has 1 nitrogen and oxygen atoms in total. The van der Waals surface area contributed by atoms with Gasteiger partial charge in [0.05, 0.1) is 0 Å². The summed E-state index contributed by atoms with van der Waals surface area (Å²) >= 11 is 14.3. The van der Waals surface area contributed by atoms with Gasteiger partial charge in [-0.1, -0.05) is 30.1 Å². The maximum absolute atomic E-state index is 6.25. The van der Waals surface area contributed by atoms with Gasteiger partial charge in [0.1, 0.15) is 0 Å². The van der Waals surface area contributed by atoms with E-state index in [4.69, 9.17) is 23.2 Å². The van der Waals surface area contributed by atoms with Crippen LogP contribution < -0.4 is 5.32 Å².